The first kappa shape index (κ1) is 63.6. The van der Waals surface area contributed by atoms with E-state index in [1.54, 1.807) is 0 Å². The van der Waals surface area contributed by atoms with Gasteiger partial charge >= 0.3 is 0 Å². The molecule has 0 N–H and O–H groups in total. The molecule has 106 heavy (non-hydrogen) atoms. The van der Waals surface area contributed by atoms with E-state index < -0.39 is 0 Å². The van der Waals surface area contributed by atoms with Gasteiger partial charge in [0.15, 0.2) is 0 Å². The Kier molecular flexibility index (Phi) is 13.9. The van der Waals surface area contributed by atoms with Crippen LogP contribution in [-0.4, -0.2) is 0 Å². The predicted octanol–water partition coefficient (Wildman–Crippen LogP) is 28.6. The molecule has 0 bridgehead atoms. The fourth-order valence-corrected chi connectivity index (χ4v) is 19.3. The Morgan fingerprint density at radius 1 is 0.179 bits per heavy atom. The predicted molar refractivity (Wildman–Crippen MR) is 450 cm³/mol. The fourth-order valence-electron chi connectivity index (χ4n) is 19.3. The molecule has 16 aromatic carbocycles. The number of hydrogen-bond donors (Lipinski definition) is 0. The minimum absolute atomic E-state index is 0.0850. The van der Waals surface area contributed by atoms with E-state index in [9.17, 15) is 0 Å². The molecule has 0 spiro atoms. The van der Waals surface area contributed by atoms with Gasteiger partial charge in [-0.3, -0.25) is 0 Å². The van der Waals surface area contributed by atoms with E-state index in [2.05, 4.69) is 394 Å². The average molecular weight is 1360 g/mol. The molecule has 2 nitrogen and oxygen atoms in total. The number of benzene rings is 16. The summed E-state index contributed by atoms with van der Waals surface area (Å²) in [5.41, 5.74) is 39.7. The Hall–Kier alpha value is -12.1. The number of para-hydroxylation sites is 2. The summed E-state index contributed by atoms with van der Waals surface area (Å²) < 4.78 is 0. The highest BCUT2D eigenvalue weighted by atomic mass is 15.2. The maximum Gasteiger partial charge on any atom is 0.0547 e. The zero-order valence-corrected chi connectivity index (χ0v) is 61.9. The third kappa shape index (κ3) is 9.42. The molecule has 0 radical (unpaired) electrons. The van der Waals surface area contributed by atoms with Gasteiger partial charge in [0.05, 0.1) is 22.7 Å². The summed E-state index contributed by atoms with van der Waals surface area (Å²) in [6.07, 6.45) is 0. The lowest BCUT2D eigenvalue weighted by Crippen LogP contribution is -2.16. The standard InChI is InChI=1S/C104H82N2/c1-63-37-51-97(85(53-63)69-43-49-81-79-47-41-67(57-93(79)103(7,8)95(81)59-69)65-39-45-77-75-31-21-23-35-89(75)101(3,4)91(77)55-65)106(100-62-88-73-29-17-19-33-83(73)99(61-87(88)74-30-18-20-34-84(74)100)105(71-25-13-11-14-26-71)72-27-15-12-16-28-72)98-52-38-64(2)54-86(98)70-44-50-82-80-48-42-68(58-94(80)104(9,10)96(82)60-70)66-40-46-78-76-32-22-24-36-90(76)102(5,6)92(78)56-66/h11-62H,1-10H3. The molecule has 0 heterocycles. The third-order valence-electron chi connectivity index (χ3n) is 24.9. The molecule has 0 atom stereocenters. The van der Waals surface area contributed by atoms with Crippen LogP contribution in [0.25, 0.3) is 121 Å². The van der Waals surface area contributed by atoms with Crippen LogP contribution in [0.1, 0.15) is 111 Å². The normalized spacial score (nSPS) is 14.6. The molecule has 16 aromatic rings. The molecular formula is C104H82N2. The molecule has 0 amide bonds. The Morgan fingerprint density at radius 2 is 0.453 bits per heavy atom. The van der Waals surface area contributed by atoms with Gasteiger partial charge in [-0.05, 0) is 255 Å². The van der Waals surface area contributed by atoms with Crippen molar-refractivity contribution >= 4 is 66.4 Å². The number of aryl methyl sites for hydroxylation is 2. The Bertz CT molecular complexity index is 6110. The van der Waals surface area contributed by atoms with E-state index in [4.69, 9.17) is 0 Å². The highest BCUT2D eigenvalue weighted by molar-refractivity contribution is 6.25. The quantitative estimate of drug-likeness (QED) is 0.126. The molecule has 2 heteroatoms. The Morgan fingerprint density at radius 3 is 0.811 bits per heavy atom. The third-order valence-corrected chi connectivity index (χ3v) is 24.9. The minimum Gasteiger partial charge on any atom is -0.310 e. The average Bonchev–Trinajstić information content (AvgIpc) is 1.31. The van der Waals surface area contributed by atoms with Crippen LogP contribution < -0.4 is 9.80 Å². The highest BCUT2D eigenvalue weighted by Crippen LogP contribution is 2.58. The molecule has 0 aromatic heterocycles. The van der Waals surface area contributed by atoms with Crippen molar-refractivity contribution in [2.24, 2.45) is 0 Å². The first-order valence-corrected chi connectivity index (χ1v) is 37.8. The largest absolute Gasteiger partial charge is 0.310 e. The van der Waals surface area contributed by atoms with Crippen LogP contribution in [-0.2, 0) is 21.7 Å². The van der Waals surface area contributed by atoms with E-state index in [1.807, 2.05) is 0 Å². The van der Waals surface area contributed by atoms with E-state index in [0.717, 1.165) is 39.5 Å². The minimum atomic E-state index is -0.295. The van der Waals surface area contributed by atoms with Gasteiger partial charge in [-0.25, -0.2) is 0 Å². The molecule has 0 fully saturated rings. The van der Waals surface area contributed by atoms with Crippen molar-refractivity contribution in [3.05, 3.63) is 371 Å². The van der Waals surface area contributed by atoms with Gasteiger partial charge in [0, 0.05) is 54.9 Å². The van der Waals surface area contributed by atoms with Crippen LogP contribution in [0, 0.1) is 13.8 Å². The van der Waals surface area contributed by atoms with E-state index in [1.165, 1.54) is 172 Å². The van der Waals surface area contributed by atoms with Crippen LogP contribution >= 0.6 is 0 Å². The first-order chi connectivity index (χ1) is 51.4. The van der Waals surface area contributed by atoms with Crippen molar-refractivity contribution in [2.75, 3.05) is 9.80 Å². The topological polar surface area (TPSA) is 6.48 Å². The van der Waals surface area contributed by atoms with Crippen LogP contribution in [0.2, 0.25) is 0 Å². The summed E-state index contributed by atoms with van der Waals surface area (Å²) >= 11 is 0. The van der Waals surface area contributed by atoms with Gasteiger partial charge in [0.25, 0.3) is 0 Å². The van der Waals surface area contributed by atoms with Gasteiger partial charge < -0.3 is 9.80 Å². The number of fused-ring (bicyclic) bond motifs is 17. The first-order valence-electron chi connectivity index (χ1n) is 37.8. The lowest BCUT2D eigenvalue weighted by Gasteiger charge is -2.33. The second-order valence-electron chi connectivity index (χ2n) is 32.5. The lowest BCUT2D eigenvalue weighted by molar-refractivity contribution is 0.659. The molecule has 0 saturated carbocycles. The molecule has 508 valence electrons. The van der Waals surface area contributed by atoms with E-state index in [0.29, 0.717) is 0 Å². The number of rotatable bonds is 10. The number of anilines is 6. The molecule has 4 aliphatic carbocycles. The summed E-state index contributed by atoms with van der Waals surface area (Å²) in [5.74, 6) is 0. The van der Waals surface area contributed by atoms with Crippen LogP contribution in [0.15, 0.2) is 315 Å². The summed E-state index contributed by atoms with van der Waals surface area (Å²) in [7, 11) is 0. The highest BCUT2D eigenvalue weighted by Gasteiger charge is 2.41. The SMILES string of the molecule is Cc1ccc(N(c2ccc(C)cc2-c2ccc3c(c2)C(C)(C)c2cc(-c4ccc5c(c4)C(C)(C)c4ccccc4-5)ccc2-3)c2cc3c4ccccc4c(N(c4ccccc4)c4ccccc4)cc3c3ccccc23)c(-c2ccc3c(c2)C(C)(C)c2cc(-c4ccc5c(c4)C(C)(C)c4ccccc4-5)ccc2-3)c1. The second-order valence-corrected chi connectivity index (χ2v) is 32.5. The molecule has 0 aliphatic heterocycles. The van der Waals surface area contributed by atoms with Crippen molar-refractivity contribution in [1.29, 1.82) is 0 Å². The van der Waals surface area contributed by atoms with Crippen LogP contribution in [0.5, 0.6) is 0 Å². The van der Waals surface area contributed by atoms with Gasteiger partial charge in [-0.15, -0.1) is 0 Å². The van der Waals surface area contributed by atoms with Crippen molar-refractivity contribution in [1.82, 2.24) is 0 Å². The van der Waals surface area contributed by atoms with E-state index in [-0.39, 0.29) is 21.7 Å². The molecule has 0 unspecified atom stereocenters. The maximum absolute atomic E-state index is 2.64. The second kappa shape index (κ2) is 23.2. The molecule has 0 saturated heterocycles. The number of nitrogens with zero attached hydrogens (tertiary/aromatic N) is 2. The van der Waals surface area contributed by atoms with Crippen molar-refractivity contribution in [3.63, 3.8) is 0 Å². The molecular weight excluding hydrogens is 1280 g/mol. The Balaban J connectivity index is 0.761. The number of hydrogen-bond acceptors (Lipinski definition) is 2. The monoisotopic (exact) mass is 1360 g/mol. The smallest absolute Gasteiger partial charge is 0.0547 e. The maximum atomic E-state index is 2.64. The van der Waals surface area contributed by atoms with Gasteiger partial charge in [-0.1, -0.05) is 285 Å². The van der Waals surface area contributed by atoms with Crippen LogP contribution in [0.4, 0.5) is 34.1 Å². The van der Waals surface area contributed by atoms with Gasteiger partial charge in [0.2, 0.25) is 0 Å². The summed E-state index contributed by atoms with van der Waals surface area (Å²) in [5, 5.41) is 7.10. The van der Waals surface area contributed by atoms with Crippen LogP contribution in [0.3, 0.4) is 0 Å². The van der Waals surface area contributed by atoms with Crippen molar-refractivity contribution in [2.45, 2.75) is 90.9 Å². The zero-order chi connectivity index (χ0) is 71.9. The summed E-state index contributed by atoms with van der Waals surface area (Å²) in [4.78, 5) is 5.07. The van der Waals surface area contributed by atoms with Crippen molar-refractivity contribution in [3.8, 4) is 89.0 Å². The summed E-state index contributed by atoms with van der Waals surface area (Å²) in [6, 6.07) is 121. The van der Waals surface area contributed by atoms with Gasteiger partial charge in [0.1, 0.15) is 0 Å². The van der Waals surface area contributed by atoms with E-state index >= 15 is 0 Å². The molecule has 20 rings (SSSR count). The van der Waals surface area contributed by atoms with Crippen molar-refractivity contribution < 1.29 is 0 Å². The summed E-state index contributed by atoms with van der Waals surface area (Å²) in [6.45, 7) is 23.8. The fraction of sp³-hybridized carbons (Fsp3) is 0.135. The molecule has 4 aliphatic rings. The van der Waals surface area contributed by atoms with Gasteiger partial charge in [-0.2, -0.15) is 0 Å². The Labute approximate surface area is 623 Å². The zero-order valence-electron chi connectivity index (χ0n) is 61.9. The lowest BCUT2D eigenvalue weighted by atomic mass is 9.79.